The molecule has 0 unspecified atom stereocenters. The Morgan fingerprint density at radius 1 is 1.04 bits per heavy atom. The quantitative estimate of drug-likeness (QED) is 0.743. The summed E-state index contributed by atoms with van der Waals surface area (Å²) in [5.41, 5.74) is 4.03. The number of halogens is 1. The minimum absolute atomic E-state index is 0.173. The van der Waals surface area contributed by atoms with Gasteiger partial charge in [0.25, 0.3) is 11.5 Å². The number of pyridine rings is 1. The lowest BCUT2D eigenvalue weighted by Crippen LogP contribution is -2.22. The van der Waals surface area contributed by atoms with Gasteiger partial charge in [-0.15, -0.1) is 0 Å². The van der Waals surface area contributed by atoms with E-state index in [1.54, 1.807) is 18.3 Å². The fraction of sp³-hybridized carbons (Fsp3) is 0.143. The maximum absolute atomic E-state index is 12.6. The second-order valence-electron chi connectivity index (χ2n) is 6.34. The molecule has 5 heteroatoms. The van der Waals surface area contributed by atoms with Gasteiger partial charge in [0.1, 0.15) is 0 Å². The van der Waals surface area contributed by atoms with Gasteiger partial charge in [0, 0.05) is 23.0 Å². The SMILES string of the molecule is Cc1cc(C)cc(NC(=O)c2ccc(=O)n(Cc3cccc(Cl)c3)c2)c1. The minimum Gasteiger partial charge on any atom is -0.322 e. The van der Waals surface area contributed by atoms with E-state index in [-0.39, 0.29) is 11.5 Å². The number of carbonyl (C=O) groups is 1. The second-order valence-corrected chi connectivity index (χ2v) is 6.78. The molecule has 0 aliphatic rings. The van der Waals surface area contributed by atoms with Crippen LogP contribution in [0, 0.1) is 13.8 Å². The van der Waals surface area contributed by atoms with Crippen molar-refractivity contribution in [3.63, 3.8) is 0 Å². The number of anilines is 1. The van der Waals surface area contributed by atoms with Gasteiger partial charge >= 0.3 is 0 Å². The highest BCUT2D eigenvalue weighted by molar-refractivity contribution is 6.30. The predicted octanol–water partition coefficient (Wildman–Crippen LogP) is 4.42. The molecule has 1 aromatic heterocycles. The summed E-state index contributed by atoms with van der Waals surface area (Å²) in [6.45, 7) is 4.31. The van der Waals surface area contributed by atoms with E-state index in [0.717, 1.165) is 22.4 Å². The monoisotopic (exact) mass is 366 g/mol. The van der Waals surface area contributed by atoms with Crippen molar-refractivity contribution in [3.05, 3.63) is 98.4 Å². The van der Waals surface area contributed by atoms with Gasteiger partial charge in [0.05, 0.1) is 12.1 Å². The van der Waals surface area contributed by atoms with Crippen LogP contribution >= 0.6 is 11.6 Å². The fourth-order valence-electron chi connectivity index (χ4n) is 2.87. The summed E-state index contributed by atoms with van der Waals surface area (Å²) in [4.78, 5) is 24.7. The zero-order valence-corrected chi connectivity index (χ0v) is 15.4. The second kappa shape index (κ2) is 7.58. The molecule has 0 radical (unpaired) electrons. The minimum atomic E-state index is -0.255. The highest BCUT2D eigenvalue weighted by Gasteiger charge is 2.09. The highest BCUT2D eigenvalue weighted by atomic mass is 35.5. The first-order valence-electron chi connectivity index (χ1n) is 8.25. The Kier molecular flexibility index (Phi) is 5.24. The van der Waals surface area contributed by atoms with Gasteiger partial charge in [0.15, 0.2) is 0 Å². The number of nitrogens with one attached hydrogen (secondary N) is 1. The summed E-state index contributed by atoms with van der Waals surface area (Å²) >= 11 is 6.00. The van der Waals surface area contributed by atoms with Crippen LogP contribution in [0.5, 0.6) is 0 Å². The van der Waals surface area contributed by atoms with Gasteiger partial charge in [-0.2, -0.15) is 0 Å². The van der Waals surface area contributed by atoms with Crippen molar-refractivity contribution < 1.29 is 4.79 Å². The van der Waals surface area contributed by atoms with Crippen LogP contribution < -0.4 is 10.9 Å². The van der Waals surface area contributed by atoms with Crippen LogP contribution in [0.1, 0.15) is 27.0 Å². The summed E-state index contributed by atoms with van der Waals surface area (Å²) < 4.78 is 1.50. The van der Waals surface area contributed by atoms with E-state index >= 15 is 0 Å². The van der Waals surface area contributed by atoms with Gasteiger partial charge in [-0.05, 0) is 60.9 Å². The zero-order valence-electron chi connectivity index (χ0n) is 14.6. The Morgan fingerprint density at radius 3 is 2.46 bits per heavy atom. The number of hydrogen-bond donors (Lipinski definition) is 1. The highest BCUT2D eigenvalue weighted by Crippen LogP contribution is 2.15. The molecule has 0 saturated heterocycles. The van der Waals surface area contributed by atoms with Gasteiger partial charge < -0.3 is 9.88 Å². The molecule has 0 spiro atoms. The number of amides is 1. The van der Waals surface area contributed by atoms with Crippen molar-refractivity contribution in [1.82, 2.24) is 4.57 Å². The van der Waals surface area contributed by atoms with Gasteiger partial charge in [0.2, 0.25) is 0 Å². The number of carbonyl (C=O) groups excluding carboxylic acids is 1. The lowest BCUT2D eigenvalue weighted by Gasteiger charge is -2.10. The average Bonchev–Trinajstić information content (AvgIpc) is 2.56. The molecule has 26 heavy (non-hydrogen) atoms. The molecule has 3 rings (SSSR count). The molecule has 4 nitrogen and oxygen atoms in total. The van der Waals surface area contributed by atoms with Crippen molar-refractivity contribution in [1.29, 1.82) is 0 Å². The Balaban J connectivity index is 1.84. The molecule has 0 aliphatic heterocycles. The summed E-state index contributed by atoms with van der Waals surface area (Å²) in [5.74, 6) is -0.255. The maximum atomic E-state index is 12.6. The molecule has 1 amide bonds. The van der Waals surface area contributed by atoms with E-state index in [4.69, 9.17) is 11.6 Å². The van der Waals surface area contributed by atoms with Gasteiger partial charge in [-0.1, -0.05) is 29.8 Å². The summed E-state index contributed by atoms with van der Waals surface area (Å²) in [6.07, 6.45) is 1.57. The first kappa shape index (κ1) is 18.0. The molecule has 3 aromatic rings. The van der Waals surface area contributed by atoms with Crippen molar-refractivity contribution in [3.8, 4) is 0 Å². The van der Waals surface area contributed by atoms with Crippen molar-refractivity contribution in [2.24, 2.45) is 0 Å². The number of aromatic nitrogens is 1. The molecular weight excluding hydrogens is 348 g/mol. The summed E-state index contributed by atoms with van der Waals surface area (Å²) in [5, 5.41) is 3.49. The lowest BCUT2D eigenvalue weighted by atomic mass is 10.1. The zero-order chi connectivity index (χ0) is 18.7. The Labute approximate surface area is 157 Å². The van der Waals surface area contributed by atoms with E-state index in [1.165, 1.54) is 16.7 Å². The third-order valence-corrected chi connectivity index (χ3v) is 4.20. The normalized spacial score (nSPS) is 10.6. The topological polar surface area (TPSA) is 51.1 Å². The summed E-state index contributed by atoms with van der Waals surface area (Å²) in [7, 11) is 0. The van der Waals surface area contributed by atoms with Crippen molar-refractivity contribution in [2.75, 3.05) is 5.32 Å². The largest absolute Gasteiger partial charge is 0.322 e. The number of hydrogen-bond acceptors (Lipinski definition) is 2. The molecular formula is C21H19ClN2O2. The van der Waals surface area contributed by atoms with Crippen LogP contribution in [0.15, 0.2) is 65.6 Å². The fourth-order valence-corrected chi connectivity index (χ4v) is 3.08. The van der Waals surface area contributed by atoms with Gasteiger partial charge in [-0.3, -0.25) is 9.59 Å². The molecule has 0 bridgehead atoms. The Hall–Kier alpha value is -2.85. The third-order valence-electron chi connectivity index (χ3n) is 3.97. The van der Waals surface area contributed by atoms with Crippen molar-refractivity contribution in [2.45, 2.75) is 20.4 Å². The molecule has 1 N–H and O–H groups in total. The average molecular weight is 367 g/mol. The van der Waals surface area contributed by atoms with Crippen LogP contribution in [0.25, 0.3) is 0 Å². The van der Waals surface area contributed by atoms with Crippen molar-refractivity contribution >= 4 is 23.2 Å². The number of rotatable bonds is 4. The van der Waals surface area contributed by atoms with Crippen LogP contribution in [-0.4, -0.2) is 10.5 Å². The number of aryl methyl sites for hydroxylation is 2. The molecule has 0 fully saturated rings. The Bertz CT molecular complexity index is 1000. The molecule has 132 valence electrons. The molecule has 0 atom stereocenters. The van der Waals surface area contributed by atoms with Crippen LogP contribution in [-0.2, 0) is 6.54 Å². The number of nitrogens with zero attached hydrogens (tertiary/aromatic N) is 1. The van der Waals surface area contributed by atoms with E-state index < -0.39 is 0 Å². The van der Waals surface area contributed by atoms with E-state index in [9.17, 15) is 9.59 Å². The summed E-state index contributed by atoms with van der Waals surface area (Å²) in [6, 6.07) is 16.1. The van der Waals surface area contributed by atoms with E-state index in [2.05, 4.69) is 5.32 Å². The maximum Gasteiger partial charge on any atom is 0.257 e. The molecule has 0 aliphatic carbocycles. The third kappa shape index (κ3) is 4.41. The van der Waals surface area contributed by atoms with Gasteiger partial charge in [-0.25, -0.2) is 0 Å². The first-order valence-corrected chi connectivity index (χ1v) is 8.63. The molecule has 0 saturated carbocycles. The number of benzene rings is 2. The van der Waals surface area contributed by atoms with Crippen LogP contribution in [0.3, 0.4) is 0 Å². The predicted molar refractivity (Wildman–Crippen MR) is 105 cm³/mol. The Morgan fingerprint density at radius 2 is 1.77 bits per heavy atom. The smallest absolute Gasteiger partial charge is 0.257 e. The van der Waals surface area contributed by atoms with E-state index in [1.807, 2.05) is 44.2 Å². The standard InChI is InChI=1S/C21H19ClN2O2/c1-14-8-15(2)10-19(9-14)23-21(26)17-6-7-20(25)24(13-17)12-16-4-3-5-18(22)11-16/h3-11,13H,12H2,1-2H3,(H,23,26). The van der Waals surface area contributed by atoms with E-state index in [0.29, 0.717) is 17.1 Å². The molecule has 2 aromatic carbocycles. The van der Waals surface area contributed by atoms with Crippen LogP contribution in [0.2, 0.25) is 5.02 Å². The first-order chi connectivity index (χ1) is 12.4. The lowest BCUT2D eigenvalue weighted by molar-refractivity contribution is 0.102. The van der Waals surface area contributed by atoms with Crippen LogP contribution in [0.4, 0.5) is 5.69 Å². The molecule has 1 heterocycles.